The van der Waals surface area contributed by atoms with E-state index < -0.39 is 0 Å². The van der Waals surface area contributed by atoms with Gasteiger partial charge in [-0.1, -0.05) is 12.7 Å². The molecule has 0 unspecified atom stereocenters. The third-order valence-electron chi connectivity index (χ3n) is 0.678. The quantitative estimate of drug-likeness (QED) is 0.341. The molecule has 9 heavy (non-hydrogen) atoms. The first-order valence-electron chi connectivity index (χ1n) is 2.94. The summed E-state index contributed by atoms with van der Waals surface area (Å²) in [5, 5.41) is 2.93. The number of rotatable bonds is 4. The SMILES string of the molecule is C=C/C=C\N=C/NCC. The van der Waals surface area contributed by atoms with Crippen molar-refractivity contribution < 1.29 is 0 Å². The number of nitrogens with zero attached hydrogens (tertiary/aromatic N) is 1. The smallest absolute Gasteiger partial charge is 0.0878 e. The zero-order valence-corrected chi connectivity index (χ0v) is 5.67. The maximum atomic E-state index is 3.86. The van der Waals surface area contributed by atoms with Crippen LogP contribution in [0.2, 0.25) is 0 Å². The Kier molecular flexibility index (Phi) is 6.14. The molecule has 0 saturated carbocycles. The lowest BCUT2D eigenvalue weighted by Gasteiger charge is -1.85. The maximum absolute atomic E-state index is 3.86. The molecule has 0 amide bonds. The lowest BCUT2D eigenvalue weighted by molar-refractivity contribution is 0.987. The van der Waals surface area contributed by atoms with Gasteiger partial charge in [0.1, 0.15) is 0 Å². The monoisotopic (exact) mass is 124 g/mol. The molecule has 50 valence electrons. The molecule has 0 rings (SSSR count). The van der Waals surface area contributed by atoms with Crippen LogP contribution < -0.4 is 5.32 Å². The van der Waals surface area contributed by atoms with Crippen molar-refractivity contribution >= 4 is 6.34 Å². The van der Waals surface area contributed by atoms with Crippen molar-refractivity contribution in [3.05, 3.63) is 24.9 Å². The molecule has 2 nitrogen and oxygen atoms in total. The molecule has 1 N–H and O–H groups in total. The number of allylic oxidation sites excluding steroid dienone is 2. The average molecular weight is 124 g/mol. The molecule has 0 aromatic heterocycles. The predicted molar refractivity (Wildman–Crippen MR) is 41.5 cm³/mol. The van der Waals surface area contributed by atoms with Gasteiger partial charge in [0.2, 0.25) is 0 Å². The minimum Gasteiger partial charge on any atom is -0.376 e. The zero-order valence-electron chi connectivity index (χ0n) is 5.67. The zero-order chi connectivity index (χ0) is 6.95. The first-order valence-corrected chi connectivity index (χ1v) is 2.94. The van der Waals surface area contributed by atoms with Gasteiger partial charge in [-0.05, 0) is 13.0 Å². The molecule has 0 spiro atoms. The highest BCUT2D eigenvalue weighted by Gasteiger charge is 1.63. The largest absolute Gasteiger partial charge is 0.376 e. The van der Waals surface area contributed by atoms with Crippen LogP contribution in [0.1, 0.15) is 6.92 Å². The minimum atomic E-state index is 0.908. The van der Waals surface area contributed by atoms with E-state index in [0.29, 0.717) is 0 Å². The summed E-state index contributed by atoms with van der Waals surface area (Å²) in [5.41, 5.74) is 0. The Morgan fingerprint density at radius 1 is 1.67 bits per heavy atom. The van der Waals surface area contributed by atoms with Crippen LogP contribution in [0.4, 0.5) is 0 Å². The molecule has 0 saturated heterocycles. The molecule has 0 aliphatic carbocycles. The standard InChI is InChI=1S/C7H12N2/c1-3-5-6-9-7-8-4-2/h3,5-7H,1,4H2,2H3,(H,8,9)/b6-5-. The second-order valence-electron chi connectivity index (χ2n) is 1.41. The highest BCUT2D eigenvalue weighted by Crippen LogP contribution is 1.71. The third kappa shape index (κ3) is 6.95. The fraction of sp³-hybridized carbons (Fsp3) is 0.286. The van der Waals surface area contributed by atoms with Crippen LogP contribution >= 0.6 is 0 Å². The van der Waals surface area contributed by atoms with Gasteiger partial charge in [0.25, 0.3) is 0 Å². The second kappa shape index (κ2) is 6.95. The molecule has 0 aliphatic heterocycles. The Labute approximate surface area is 56.0 Å². The average Bonchev–Trinajstić information content (AvgIpc) is 1.89. The van der Waals surface area contributed by atoms with E-state index in [1.54, 1.807) is 24.7 Å². The van der Waals surface area contributed by atoms with E-state index in [1.165, 1.54) is 0 Å². The first-order chi connectivity index (χ1) is 4.41. The summed E-state index contributed by atoms with van der Waals surface area (Å²) in [4.78, 5) is 3.86. The molecular weight excluding hydrogens is 112 g/mol. The fourth-order valence-electron chi connectivity index (χ4n) is 0.298. The summed E-state index contributed by atoms with van der Waals surface area (Å²) in [6.45, 7) is 6.42. The van der Waals surface area contributed by atoms with E-state index in [1.807, 2.05) is 6.92 Å². The van der Waals surface area contributed by atoms with E-state index in [2.05, 4.69) is 16.9 Å². The minimum absolute atomic E-state index is 0.908. The van der Waals surface area contributed by atoms with Crippen molar-refractivity contribution in [1.29, 1.82) is 0 Å². The number of nitrogens with one attached hydrogen (secondary N) is 1. The molecule has 0 fully saturated rings. The summed E-state index contributed by atoms with van der Waals surface area (Å²) in [5.74, 6) is 0. The van der Waals surface area contributed by atoms with E-state index >= 15 is 0 Å². The van der Waals surface area contributed by atoms with Crippen LogP contribution in [0, 0.1) is 0 Å². The van der Waals surface area contributed by atoms with Gasteiger partial charge in [-0.25, -0.2) is 4.99 Å². The highest BCUT2D eigenvalue weighted by atomic mass is 14.9. The van der Waals surface area contributed by atoms with Crippen molar-refractivity contribution in [3.8, 4) is 0 Å². The van der Waals surface area contributed by atoms with Crippen LogP contribution in [0.5, 0.6) is 0 Å². The van der Waals surface area contributed by atoms with Crippen LogP contribution in [0.15, 0.2) is 29.9 Å². The van der Waals surface area contributed by atoms with Gasteiger partial charge in [0, 0.05) is 12.7 Å². The van der Waals surface area contributed by atoms with E-state index in [0.717, 1.165) is 6.54 Å². The van der Waals surface area contributed by atoms with Gasteiger partial charge in [0.05, 0.1) is 6.34 Å². The number of aliphatic imine (C=N–C) groups is 1. The van der Waals surface area contributed by atoms with Gasteiger partial charge in [0.15, 0.2) is 0 Å². The van der Waals surface area contributed by atoms with Crippen molar-refractivity contribution in [2.75, 3.05) is 6.54 Å². The maximum Gasteiger partial charge on any atom is 0.0878 e. The van der Waals surface area contributed by atoms with Crippen molar-refractivity contribution in [1.82, 2.24) is 5.32 Å². The molecule has 0 heterocycles. The van der Waals surface area contributed by atoms with E-state index in [4.69, 9.17) is 0 Å². The van der Waals surface area contributed by atoms with E-state index in [-0.39, 0.29) is 0 Å². The third-order valence-corrected chi connectivity index (χ3v) is 0.678. The summed E-state index contributed by atoms with van der Waals surface area (Å²) in [6, 6.07) is 0. The highest BCUT2D eigenvalue weighted by molar-refractivity contribution is 5.54. The van der Waals surface area contributed by atoms with Gasteiger partial charge in [-0.15, -0.1) is 0 Å². The normalized spacial score (nSPS) is 10.8. The molecule has 0 bridgehead atoms. The Morgan fingerprint density at radius 2 is 2.44 bits per heavy atom. The molecule has 0 atom stereocenters. The lowest BCUT2D eigenvalue weighted by Crippen LogP contribution is -2.07. The Bertz CT molecular complexity index is 114. The van der Waals surface area contributed by atoms with Gasteiger partial charge in [-0.3, -0.25) is 0 Å². The lowest BCUT2D eigenvalue weighted by atomic mass is 10.6. The molecule has 0 aromatic carbocycles. The van der Waals surface area contributed by atoms with E-state index in [9.17, 15) is 0 Å². The Morgan fingerprint density at radius 3 is 3.00 bits per heavy atom. The summed E-state index contributed by atoms with van der Waals surface area (Å²) < 4.78 is 0. The predicted octanol–water partition coefficient (Wildman–Crippen LogP) is 1.32. The number of hydrogen-bond acceptors (Lipinski definition) is 1. The van der Waals surface area contributed by atoms with Crippen molar-refractivity contribution in [2.45, 2.75) is 6.92 Å². The topological polar surface area (TPSA) is 24.4 Å². The number of hydrogen-bond donors (Lipinski definition) is 1. The van der Waals surface area contributed by atoms with Gasteiger partial charge in [-0.2, -0.15) is 0 Å². The van der Waals surface area contributed by atoms with Crippen LogP contribution in [-0.4, -0.2) is 12.9 Å². The molecular formula is C7H12N2. The van der Waals surface area contributed by atoms with Crippen LogP contribution in [0.25, 0.3) is 0 Å². The molecule has 0 aliphatic rings. The molecule has 0 radical (unpaired) electrons. The molecule has 0 aromatic rings. The second-order valence-corrected chi connectivity index (χ2v) is 1.41. The fourth-order valence-corrected chi connectivity index (χ4v) is 0.298. The van der Waals surface area contributed by atoms with Gasteiger partial charge >= 0.3 is 0 Å². The Balaban J connectivity index is 3.23. The summed E-state index contributed by atoms with van der Waals surface area (Å²) >= 11 is 0. The Hall–Kier alpha value is -1.05. The van der Waals surface area contributed by atoms with Crippen molar-refractivity contribution in [3.63, 3.8) is 0 Å². The first kappa shape index (κ1) is 7.95. The summed E-state index contributed by atoms with van der Waals surface area (Å²) in [6.07, 6.45) is 6.78. The van der Waals surface area contributed by atoms with Crippen LogP contribution in [0.3, 0.4) is 0 Å². The molecule has 2 heteroatoms. The van der Waals surface area contributed by atoms with Crippen molar-refractivity contribution in [2.24, 2.45) is 4.99 Å². The summed E-state index contributed by atoms with van der Waals surface area (Å²) in [7, 11) is 0. The van der Waals surface area contributed by atoms with Crippen LogP contribution in [-0.2, 0) is 0 Å². The van der Waals surface area contributed by atoms with Gasteiger partial charge < -0.3 is 5.32 Å².